The third-order valence-electron chi connectivity index (χ3n) is 3.31. The summed E-state index contributed by atoms with van der Waals surface area (Å²) in [6.07, 6.45) is 0. The van der Waals surface area contributed by atoms with Gasteiger partial charge in [0.05, 0.1) is 18.1 Å². The second kappa shape index (κ2) is 6.15. The van der Waals surface area contributed by atoms with E-state index in [2.05, 4.69) is 15.9 Å². The van der Waals surface area contributed by atoms with Crippen molar-refractivity contribution >= 4 is 27.5 Å². The first-order valence-electron chi connectivity index (χ1n) is 6.18. The highest BCUT2D eigenvalue weighted by molar-refractivity contribution is 9.10. The van der Waals surface area contributed by atoms with Gasteiger partial charge in [-0.2, -0.15) is 0 Å². The van der Waals surface area contributed by atoms with Crippen molar-refractivity contribution in [1.29, 1.82) is 0 Å². The van der Waals surface area contributed by atoms with Crippen molar-refractivity contribution in [2.45, 2.75) is 19.2 Å². The van der Waals surface area contributed by atoms with Crippen molar-refractivity contribution in [3.05, 3.63) is 62.9 Å². The minimum absolute atomic E-state index is 0.357. The summed E-state index contributed by atoms with van der Waals surface area (Å²) in [5.41, 5.74) is 3.33. The summed E-state index contributed by atoms with van der Waals surface area (Å²) in [5.74, 6) is 0.106. The highest BCUT2D eigenvalue weighted by Gasteiger charge is 2.22. The predicted octanol–water partition coefficient (Wildman–Crippen LogP) is 5.54. The van der Waals surface area contributed by atoms with Gasteiger partial charge >= 0.3 is 0 Å². The summed E-state index contributed by atoms with van der Waals surface area (Å²) in [5, 5.41) is -0.585. The first kappa shape index (κ1) is 15.3. The molecule has 2 aromatic rings. The van der Waals surface area contributed by atoms with Gasteiger partial charge < -0.3 is 4.74 Å². The van der Waals surface area contributed by atoms with Crippen LogP contribution in [-0.4, -0.2) is 7.11 Å². The molecule has 0 fully saturated rings. The number of hydrogen-bond acceptors (Lipinski definition) is 1. The molecule has 2 aromatic carbocycles. The number of rotatable bonds is 3. The summed E-state index contributed by atoms with van der Waals surface area (Å²) in [4.78, 5) is 0. The van der Waals surface area contributed by atoms with E-state index in [0.29, 0.717) is 11.3 Å². The molecule has 0 radical (unpaired) electrons. The Morgan fingerprint density at radius 2 is 1.90 bits per heavy atom. The van der Waals surface area contributed by atoms with Gasteiger partial charge in [0.2, 0.25) is 0 Å². The van der Waals surface area contributed by atoms with Crippen LogP contribution in [0.1, 0.15) is 27.6 Å². The van der Waals surface area contributed by atoms with Crippen LogP contribution < -0.4 is 4.74 Å². The Bertz CT molecular complexity index is 643. The fourth-order valence-electron chi connectivity index (χ4n) is 2.17. The maximum absolute atomic E-state index is 14.1. The molecule has 1 unspecified atom stereocenters. The smallest absolute Gasteiger partial charge is 0.131 e. The third kappa shape index (κ3) is 2.84. The third-order valence-corrected chi connectivity index (χ3v) is 4.61. The number of methoxy groups -OCH3 is 1. The maximum Gasteiger partial charge on any atom is 0.131 e. The quantitative estimate of drug-likeness (QED) is 0.655. The lowest BCUT2D eigenvalue weighted by Crippen LogP contribution is -2.03. The van der Waals surface area contributed by atoms with Crippen molar-refractivity contribution in [3.63, 3.8) is 0 Å². The van der Waals surface area contributed by atoms with Crippen molar-refractivity contribution in [3.8, 4) is 5.75 Å². The molecule has 0 amide bonds. The van der Waals surface area contributed by atoms with Gasteiger partial charge in [0.15, 0.2) is 0 Å². The topological polar surface area (TPSA) is 9.23 Å². The molecule has 0 heterocycles. The first-order chi connectivity index (χ1) is 9.45. The highest BCUT2D eigenvalue weighted by Crippen LogP contribution is 2.39. The van der Waals surface area contributed by atoms with Crippen molar-refractivity contribution in [2.24, 2.45) is 0 Å². The van der Waals surface area contributed by atoms with Crippen LogP contribution in [0.25, 0.3) is 0 Å². The number of halogens is 3. The van der Waals surface area contributed by atoms with Gasteiger partial charge in [-0.05, 0) is 48.7 Å². The number of hydrogen-bond donors (Lipinski definition) is 0. The molecule has 0 saturated heterocycles. The molecule has 2 rings (SSSR count). The molecule has 0 aromatic heterocycles. The van der Waals surface area contributed by atoms with Gasteiger partial charge in [-0.1, -0.05) is 28.1 Å². The Morgan fingerprint density at radius 1 is 1.20 bits per heavy atom. The molecule has 1 nitrogen and oxygen atoms in total. The standard InChI is InChI=1S/C16H15BrClFO/c1-9-8-12(17)10(2)7-11(9)16(18)15-13(19)5-4-6-14(15)20-3/h4-8,16H,1-3H3. The summed E-state index contributed by atoms with van der Waals surface area (Å²) in [6.45, 7) is 3.94. The molecule has 0 N–H and O–H groups in total. The van der Waals surface area contributed by atoms with Crippen LogP contribution in [-0.2, 0) is 0 Å². The van der Waals surface area contributed by atoms with Gasteiger partial charge in [-0.25, -0.2) is 4.39 Å². The fourth-order valence-corrected chi connectivity index (χ4v) is 3.08. The molecule has 0 aliphatic carbocycles. The lowest BCUT2D eigenvalue weighted by atomic mass is 9.97. The maximum atomic E-state index is 14.1. The van der Waals surface area contributed by atoms with E-state index in [4.69, 9.17) is 16.3 Å². The Morgan fingerprint density at radius 3 is 2.55 bits per heavy atom. The van der Waals surface area contributed by atoms with E-state index in [0.717, 1.165) is 21.2 Å². The van der Waals surface area contributed by atoms with E-state index in [1.54, 1.807) is 12.1 Å². The van der Waals surface area contributed by atoms with Crippen LogP contribution in [0.4, 0.5) is 4.39 Å². The molecule has 0 aliphatic heterocycles. The molecule has 1 atom stereocenters. The lowest BCUT2D eigenvalue weighted by Gasteiger charge is -2.18. The van der Waals surface area contributed by atoms with Gasteiger partial charge in [0, 0.05) is 4.47 Å². The van der Waals surface area contributed by atoms with E-state index in [9.17, 15) is 4.39 Å². The van der Waals surface area contributed by atoms with E-state index in [1.807, 2.05) is 26.0 Å². The van der Waals surface area contributed by atoms with E-state index in [1.165, 1.54) is 13.2 Å². The Labute approximate surface area is 131 Å². The highest BCUT2D eigenvalue weighted by atomic mass is 79.9. The van der Waals surface area contributed by atoms with Gasteiger partial charge in [-0.3, -0.25) is 0 Å². The number of alkyl halides is 1. The molecule has 0 aliphatic rings. The fraction of sp³-hybridized carbons (Fsp3) is 0.250. The van der Waals surface area contributed by atoms with Crippen molar-refractivity contribution in [2.75, 3.05) is 7.11 Å². The zero-order valence-electron chi connectivity index (χ0n) is 11.5. The largest absolute Gasteiger partial charge is 0.496 e. The second-order valence-corrected chi connectivity index (χ2v) is 5.97. The van der Waals surface area contributed by atoms with Gasteiger partial charge in [0.25, 0.3) is 0 Å². The molecule has 0 spiro atoms. The van der Waals surface area contributed by atoms with Gasteiger partial charge in [-0.15, -0.1) is 11.6 Å². The molecular weight excluding hydrogens is 343 g/mol. The van der Waals surface area contributed by atoms with E-state index in [-0.39, 0.29) is 5.82 Å². The molecule has 0 saturated carbocycles. The van der Waals surface area contributed by atoms with Crippen molar-refractivity contribution < 1.29 is 9.13 Å². The number of benzene rings is 2. The average Bonchev–Trinajstić information content (AvgIpc) is 2.41. The summed E-state index contributed by atoms with van der Waals surface area (Å²) >= 11 is 10.0. The SMILES string of the molecule is COc1cccc(F)c1C(Cl)c1cc(C)c(Br)cc1C. The zero-order chi connectivity index (χ0) is 14.9. The van der Waals surface area contributed by atoms with Crippen LogP contribution in [0.2, 0.25) is 0 Å². The number of aryl methyl sites for hydroxylation is 2. The van der Waals surface area contributed by atoms with Crippen LogP contribution in [0.3, 0.4) is 0 Å². The monoisotopic (exact) mass is 356 g/mol. The minimum atomic E-state index is -0.585. The predicted molar refractivity (Wildman–Crippen MR) is 84.3 cm³/mol. The average molecular weight is 358 g/mol. The van der Waals surface area contributed by atoms with Crippen molar-refractivity contribution in [1.82, 2.24) is 0 Å². The Kier molecular flexibility index (Phi) is 4.71. The van der Waals surface area contributed by atoms with Crippen LogP contribution in [0.5, 0.6) is 5.75 Å². The first-order valence-corrected chi connectivity index (χ1v) is 7.41. The minimum Gasteiger partial charge on any atom is -0.496 e. The van der Waals surface area contributed by atoms with Crippen LogP contribution in [0.15, 0.2) is 34.8 Å². The van der Waals surface area contributed by atoms with Crippen LogP contribution >= 0.6 is 27.5 Å². The molecular formula is C16H15BrClFO. The zero-order valence-corrected chi connectivity index (χ0v) is 13.8. The normalized spacial score (nSPS) is 12.3. The molecule has 20 heavy (non-hydrogen) atoms. The molecule has 106 valence electrons. The molecule has 4 heteroatoms. The second-order valence-electron chi connectivity index (χ2n) is 4.68. The van der Waals surface area contributed by atoms with Crippen LogP contribution in [0, 0.1) is 19.7 Å². The number of ether oxygens (including phenoxy) is 1. The lowest BCUT2D eigenvalue weighted by molar-refractivity contribution is 0.405. The Hall–Kier alpha value is -1.06. The van der Waals surface area contributed by atoms with Gasteiger partial charge in [0.1, 0.15) is 11.6 Å². The summed E-state index contributed by atoms with van der Waals surface area (Å²) in [7, 11) is 1.52. The summed E-state index contributed by atoms with van der Waals surface area (Å²) < 4.78 is 20.4. The summed E-state index contributed by atoms with van der Waals surface area (Å²) in [6, 6.07) is 8.69. The van der Waals surface area contributed by atoms with E-state index >= 15 is 0 Å². The van der Waals surface area contributed by atoms with E-state index < -0.39 is 5.38 Å². The Balaban J connectivity index is 2.57. The molecule has 0 bridgehead atoms.